The maximum absolute atomic E-state index is 12.8. The van der Waals surface area contributed by atoms with E-state index in [0.29, 0.717) is 18.6 Å². The first-order valence-corrected chi connectivity index (χ1v) is 11.0. The molecule has 29 heavy (non-hydrogen) atoms. The zero-order valence-electron chi connectivity index (χ0n) is 17.1. The van der Waals surface area contributed by atoms with Crippen molar-refractivity contribution in [1.82, 2.24) is 15.5 Å². The Morgan fingerprint density at radius 1 is 1.21 bits per heavy atom. The Morgan fingerprint density at radius 2 is 1.86 bits per heavy atom. The van der Waals surface area contributed by atoms with Crippen LogP contribution in [0.4, 0.5) is 0 Å². The van der Waals surface area contributed by atoms with Gasteiger partial charge in [0.25, 0.3) is 0 Å². The van der Waals surface area contributed by atoms with Crippen molar-refractivity contribution in [3.63, 3.8) is 0 Å². The Kier molecular flexibility index (Phi) is 10.4. The zero-order valence-corrected chi connectivity index (χ0v) is 17.9. The minimum Gasteiger partial charge on any atom is -0.480 e. The number of thioether (sulfide) groups is 1. The quantitative estimate of drug-likeness (QED) is 0.271. The summed E-state index contributed by atoms with van der Waals surface area (Å²) < 4.78 is 0. The molecule has 1 saturated heterocycles. The van der Waals surface area contributed by atoms with E-state index in [0.717, 1.165) is 0 Å². The van der Waals surface area contributed by atoms with Crippen molar-refractivity contribution in [3.8, 4) is 0 Å². The van der Waals surface area contributed by atoms with E-state index in [-0.39, 0.29) is 18.9 Å². The summed E-state index contributed by atoms with van der Waals surface area (Å²) >= 11 is 1.47. The van der Waals surface area contributed by atoms with Gasteiger partial charge in [0.2, 0.25) is 17.7 Å². The second-order valence-corrected chi connectivity index (χ2v) is 8.37. The van der Waals surface area contributed by atoms with E-state index in [1.807, 2.05) is 6.26 Å². The molecule has 0 aliphatic carbocycles. The third kappa shape index (κ3) is 7.16. The fourth-order valence-corrected chi connectivity index (χ4v) is 3.49. The summed E-state index contributed by atoms with van der Waals surface area (Å²) in [5.41, 5.74) is 5.78. The topological polar surface area (TPSA) is 162 Å². The number of rotatable bonds is 11. The van der Waals surface area contributed by atoms with Gasteiger partial charge < -0.3 is 31.5 Å². The summed E-state index contributed by atoms with van der Waals surface area (Å²) in [6.07, 6.45) is 3.05. The lowest BCUT2D eigenvalue weighted by Gasteiger charge is -2.29. The van der Waals surface area contributed by atoms with Crippen molar-refractivity contribution in [2.24, 2.45) is 11.7 Å². The molecule has 1 heterocycles. The van der Waals surface area contributed by atoms with Gasteiger partial charge in [0, 0.05) is 6.54 Å². The van der Waals surface area contributed by atoms with Crippen LogP contribution < -0.4 is 16.4 Å². The molecule has 0 saturated carbocycles. The largest absolute Gasteiger partial charge is 0.480 e. The van der Waals surface area contributed by atoms with Crippen molar-refractivity contribution in [3.05, 3.63) is 0 Å². The molecule has 6 N–H and O–H groups in total. The van der Waals surface area contributed by atoms with Crippen LogP contribution in [0.15, 0.2) is 0 Å². The zero-order chi connectivity index (χ0) is 22.1. The van der Waals surface area contributed by atoms with Gasteiger partial charge in [0.05, 0.1) is 12.6 Å². The number of hydrogen-bond donors (Lipinski definition) is 5. The first-order chi connectivity index (χ1) is 13.6. The molecule has 1 fully saturated rings. The molecule has 11 heteroatoms. The van der Waals surface area contributed by atoms with E-state index in [1.165, 1.54) is 16.7 Å². The number of likely N-dealkylation sites (tertiary alicyclic amines) is 1. The lowest BCUT2D eigenvalue weighted by atomic mass is 10.0. The van der Waals surface area contributed by atoms with Crippen molar-refractivity contribution in [1.29, 1.82) is 0 Å². The number of amides is 3. The van der Waals surface area contributed by atoms with Crippen LogP contribution in [0.5, 0.6) is 0 Å². The molecule has 166 valence electrons. The normalized spacial score (nSPS) is 19.5. The van der Waals surface area contributed by atoms with Crippen LogP contribution in [0.1, 0.15) is 33.1 Å². The number of aliphatic hydroxyl groups is 1. The summed E-state index contributed by atoms with van der Waals surface area (Å²) in [7, 11) is 0. The molecule has 0 aromatic rings. The SMILES string of the molecule is CSCCC(NC(=O)C1CCCN1C(=O)C(CO)NC(=O)C(N)C(C)C)C(=O)O. The Balaban J connectivity index is 2.82. The highest BCUT2D eigenvalue weighted by Crippen LogP contribution is 2.19. The van der Waals surface area contributed by atoms with Crippen LogP contribution in [-0.2, 0) is 19.2 Å². The molecule has 1 rings (SSSR count). The van der Waals surface area contributed by atoms with Gasteiger partial charge in [-0.1, -0.05) is 13.8 Å². The van der Waals surface area contributed by atoms with Gasteiger partial charge in [0.15, 0.2) is 0 Å². The lowest BCUT2D eigenvalue weighted by Crippen LogP contribution is -2.58. The highest BCUT2D eigenvalue weighted by Gasteiger charge is 2.39. The number of aliphatic carboxylic acids is 1. The third-order valence-electron chi connectivity index (χ3n) is 4.88. The van der Waals surface area contributed by atoms with E-state index < -0.39 is 54.5 Å². The number of carbonyl (C=O) groups excluding carboxylic acids is 3. The standard InChI is InChI=1S/C18H32N4O6S/c1-10(2)14(19)16(25)21-12(9-23)17(26)22-7-4-5-13(22)15(24)20-11(18(27)28)6-8-29-3/h10-14,23H,4-9,19H2,1-3H3,(H,20,24)(H,21,25)(H,27,28). The van der Waals surface area contributed by atoms with Gasteiger partial charge in [-0.3, -0.25) is 14.4 Å². The molecular formula is C18H32N4O6S. The molecule has 0 radical (unpaired) electrons. The molecule has 3 amide bonds. The van der Waals surface area contributed by atoms with Crippen molar-refractivity contribution < 1.29 is 29.4 Å². The molecule has 0 spiro atoms. The smallest absolute Gasteiger partial charge is 0.326 e. The average Bonchev–Trinajstić information content (AvgIpc) is 3.17. The Hall–Kier alpha value is -1.85. The summed E-state index contributed by atoms with van der Waals surface area (Å²) in [6, 6.07) is -3.93. The number of nitrogens with one attached hydrogen (secondary N) is 2. The van der Waals surface area contributed by atoms with Gasteiger partial charge in [-0.2, -0.15) is 11.8 Å². The third-order valence-corrected chi connectivity index (χ3v) is 5.53. The molecule has 1 aliphatic rings. The van der Waals surface area contributed by atoms with Crippen LogP contribution in [0.2, 0.25) is 0 Å². The average molecular weight is 433 g/mol. The lowest BCUT2D eigenvalue weighted by molar-refractivity contribution is -0.145. The van der Waals surface area contributed by atoms with Crippen molar-refractivity contribution >= 4 is 35.5 Å². The van der Waals surface area contributed by atoms with Crippen molar-refractivity contribution in [2.45, 2.75) is 57.3 Å². The van der Waals surface area contributed by atoms with Crippen LogP contribution in [0.3, 0.4) is 0 Å². The van der Waals surface area contributed by atoms with E-state index >= 15 is 0 Å². The summed E-state index contributed by atoms with van der Waals surface area (Å²) in [5, 5.41) is 23.8. The number of nitrogens with two attached hydrogens (primary N) is 1. The van der Waals surface area contributed by atoms with Crippen LogP contribution in [0, 0.1) is 5.92 Å². The van der Waals surface area contributed by atoms with E-state index in [4.69, 9.17) is 5.73 Å². The molecule has 4 unspecified atom stereocenters. The molecule has 1 aliphatic heterocycles. The second-order valence-electron chi connectivity index (χ2n) is 7.38. The minimum atomic E-state index is -1.22. The second kappa shape index (κ2) is 12.0. The van der Waals surface area contributed by atoms with E-state index in [9.17, 15) is 29.4 Å². The Labute approximate surface area is 174 Å². The molecule has 0 aromatic carbocycles. The number of nitrogens with zero attached hydrogens (tertiary/aromatic N) is 1. The van der Waals surface area contributed by atoms with Gasteiger partial charge in [0.1, 0.15) is 18.1 Å². The first-order valence-electron chi connectivity index (χ1n) is 9.63. The Morgan fingerprint density at radius 3 is 2.38 bits per heavy atom. The number of carboxylic acids is 1. The summed E-state index contributed by atoms with van der Waals surface area (Å²) in [5.74, 6) is -2.41. The van der Waals surface area contributed by atoms with Crippen LogP contribution in [-0.4, -0.2) is 88.1 Å². The monoisotopic (exact) mass is 432 g/mol. The predicted octanol–water partition coefficient (Wildman–Crippen LogP) is -1.24. The van der Waals surface area contributed by atoms with E-state index in [1.54, 1.807) is 13.8 Å². The highest BCUT2D eigenvalue weighted by molar-refractivity contribution is 7.98. The van der Waals surface area contributed by atoms with E-state index in [2.05, 4.69) is 10.6 Å². The number of aliphatic hydroxyl groups excluding tert-OH is 1. The predicted molar refractivity (Wildman–Crippen MR) is 109 cm³/mol. The van der Waals surface area contributed by atoms with Gasteiger partial charge in [-0.15, -0.1) is 0 Å². The maximum Gasteiger partial charge on any atom is 0.326 e. The highest BCUT2D eigenvalue weighted by atomic mass is 32.2. The summed E-state index contributed by atoms with van der Waals surface area (Å²) in [6.45, 7) is 3.17. The molecule has 10 nitrogen and oxygen atoms in total. The molecule has 4 atom stereocenters. The molecule has 0 aromatic heterocycles. The van der Waals surface area contributed by atoms with Gasteiger partial charge in [-0.25, -0.2) is 4.79 Å². The summed E-state index contributed by atoms with van der Waals surface area (Å²) in [4.78, 5) is 50.2. The fourth-order valence-electron chi connectivity index (χ4n) is 3.02. The van der Waals surface area contributed by atoms with Crippen LogP contribution >= 0.6 is 11.8 Å². The Bertz CT molecular complexity index is 603. The first kappa shape index (κ1) is 25.2. The van der Waals surface area contributed by atoms with Gasteiger partial charge >= 0.3 is 5.97 Å². The van der Waals surface area contributed by atoms with Crippen molar-refractivity contribution in [2.75, 3.05) is 25.2 Å². The van der Waals surface area contributed by atoms with Gasteiger partial charge in [-0.05, 0) is 37.2 Å². The molecule has 0 bridgehead atoms. The number of carbonyl (C=O) groups is 4. The maximum atomic E-state index is 12.8. The number of hydrogen-bond acceptors (Lipinski definition) is 7. The fraction of sp³-hybridized carbons (Fsp3) is 0.778. The van der Waals surface area contributed by atoms with Crippen LogP contribution in [0.25, 0.3) is 0 Å². The molecular weight excluding hydrogens is 400 g/mol. The number of carboxylic acid groups (broad SMARTS) is 1. The minimum absolute atomic E-state index is 0.149.